The van der Waals surface area contributed by atoms with Crippen molar-refractivity contribution in [2.24, 2.45) is 0 Å². The van der Waals surface area contributed by atoms with E-state index in [0.29, 0.717) is 0 Å². The summed E-state index contributed by atoms with van der Waals surface area (Å²) in [6.45, 7) is 0. The monoisotopic (exact) mass is 258 g/mol. The third kappa shape index (κ3) is 5.80. The Bertz CT molecular complexity index is 330. The lowest BCUT2D eigenvalue weighted by molar-refractivity contribution is 0.584. The van der Waals surface area contributed by atoms with Crippen LogP contribution in [0.15, 0.2) is 35.5 Å². The van der Waals surface area contributed by atoms with Crippen LogP contribution in [-0.2, 0) is 0 Å². The van der Waals surface area contributed by atoms with Gasteiger partial charge in [-0.1, -0.05) is 56.4 Å². The molecule has 0 heterocycles. The molecule has 0 unspecified atom stereocenters. The first-order chi connectivity index (χ1) is 9.47. The van der Waals surface area contributed by atoms with Gasteiger partial charge in [0.05, 0.1) is 0 Å². The molecule has 0 heteroatoms. The summed E-state index contributed by atoms with van der Waals surface area (Å²) in [7, 11) is 0. The van der Waals surface area contributed by atoms with E-state index < -0.39 is 0 Å². The second kappa shape index (κ2) is 9.18. The largest absolute Gasteiger partial charge is 0.0845 e. The first-order valence-corrected chi connectivity index (χ1v) is 8.52. The van der Waals surface area contributed by atoms with Crippen LogP contribution >= 0.6 is 0 Å². The Morgan fingerprint density at radius 2 is 1.21 bits per heavy atom. The van der Waals surface area contributed by atoms with Crippen LogP contribution in [-0.4, -0.2) is 0 Å². The molecule has 19 heavy (non-hydrogen) atoms. The van der Waals surface area contributed by atoms with Gasteiger partial charge in [-0.15, -0.1) is 0 Å². The van der Waals surface area contributed by atoms with Crippen molar-refractivity contribution in [2.45, 2.75) is 83.5 Å². The first kappa shape index (κ1) is 14.6. The van der Waals surface area contributed by atoms with Gasteiger partial charge in [-0.3, -0.25) is 0 Å². The first-order valence-electron chi connectivity index (χ1n) is 8.52. The van der Waals surface area contributed by atoms with Gasteiger partial charge in [-0.2, -0.15) is 0 Å². The van der Waals surface area contributed by atoms with Crippen molar-refractivity contribution >= 4 is 0 Å². The second-order valence-corrected chi connectivity index (χ2v) is 6.11. The van der Waals surface area contributed by atoms with Crippen molar-refractivity contribution in [1.29, 1.82) is 0 Å². The molecular weight excluding hydrogens is 228 g/mol. The van der Waals surface area contributed by atoms with Gasteiger partial charge in [0.15, 0.2) is 0 Å². The molecule has 0 atom stereocenters. The Kier molecular flexibility index (Phi) is 7.06. The maximum atomic E-state index is 2.56. The summed E-state index contributed by atoms with van der Waals surface area (Å²) in [4.78, 5) is 0. The van der Waals surface area contributed by atoms with Crippen molar-refractivity contribution in [3.8, 4) is 0 Å². The molecule has 0 nitrogen and oxygen atoms in total. The van der Waals surface area contributed by atoms with Crippen LogP contribution in [0, 0.1) is 0 Å². The normalized spacial score (nSPS) is 25.3. The van der Waals surface area contributed by atoms with Gasteiger partial charge >= 0.3 is 0 Å². The van der Waals surface area contributed by atoms with Gasteiger partial charge in [-0.05, 0) is 62.5 Å². The molecule has 0 bridgehead atoms. The molecule has 0 N–H and O–H groups in total. The summed E-state index contributed by atoms with van der Waals surface area (Å²) in [5.41, 5.74) is 3.31. The standard InChI is InChI=1S/C19H30/c1-2-6-10-14-18(15-11-7-3-1)19-16-12-8-4-5-9-13-17-19/h8,12,14,16H,1-7,9-11,13,15,17H2/b12-8+,18-14?,19-16?. The molecule has 0 saturated carbocycles. The van der Waals surface area contributed by atoms with E-state index in [2.05, 4.69) is 24.3 Å². The average Bonchev–Trinajstić information content (AvgIpc) is 2.58. The Morgan fingerprint density at radius 3 is 2.11 bits per heavy atom. The molecule has 0 amide bonds. The number of hydrogen-bond donors (Lipinski definition) is 0. The van der Waals surface area contributed by atoms with Crippen molar-refractivity contribution in [1.82, 2.24) is 0 Å². The van der Waals surface area contributed by atoms with Gasteiger partial charge in [0, 0.05) is 0 Å². The fourth-order valence-corrected chi connectivity index (χ4v) is 3.22. The molecule has 0 saturated heterocycles. The van der Waals surface area contributed by atoms with Crippen molar-refractivity contribution in [2.75, 3.05) is 0 Å². The van der Waals surface area contributed by atoms with Crippen molar-refractivity contribution in [3.05, 3.63) is 35.5 Å². The van der Waals surface area contributed by atoms with Gasteiger partial charge in [0.25, 0.3) is 0 Å². The molecule has 106 valence electrons. The molecule has 0 aromatic rings. The van der Waals surface area contributed by atoms with Crippen molar-refractivity contribution < 1.29 is 0 Å². The molecule has 0 aromatic carbocycles. The molecule has 2 aliphatic rings. The summed E-state index contributed by atoms with van der Waals surface area (Å²) < 4.78 is 0. The van der Waals surface area contributed by atoms with E-state index in [-0.39, 0.29) is 0 Å². The number of allylic oxidation sites excluding steroid dienone is 6. The minimum atomic E-state index is 1.27. The SMILES string of the molecule is C1=C(C2=CCCCCCCCC2)CCCCC/C=C/1. The maximum Gasteiger partial charge on any atom is -0.0276 e. The molecule has 0 radical (unpaired) electrons. The van der Waals surface area contributed by atoms with Crippen LogP contribution in [0.25, 0.3) is 0 Å². The van der Waals surface area contributed by atoms with E-state index in [4.69, 9.17) is 0 Å². The van der Waals surface area contributed by atoms with Gasteiger partial charge < -0.3 is 0 Å². The fraction of sp³-hybridized carbons (Fsp3) is 0.684. The summed E-state index contributed by atoms with van der Waals surface area (Å²) in [5, 5.41) is 0. The molecular formula is C19H30. The summed E-state index contributed by atoms with van der Waals surface area (Å²) in [5.74, 6) is 0. The molecule has 2 aliphatic carbocycles. The average molecular weight is 258 g/mol. The lowest BCUT2D eigenvalue weighted by atomic mass is 9.92. The van der Waals surface area contributed by atoms with E-state index in [9.17, 15) is 0 Å². The lowest BCUT2D eigenvalue weighted by Gasteiger charge is -2.14. The van der Waals surface area contributed by atoms with Crippen LogP contribution in [0.2, 0.25) is 0 Å². The van der Waals surface area contributed by atoms with E-state index in [1.807, 2.05) is 0 Å². The topological polar surface area (TPSA) is 0 Å². The van der Waals surface area contributed by atoms with E-state index in [1.54, 1.807) is 11.1 Å². The predicted octanol–water partition coefficient (Wildman–Crippen LogP) is 6.49. The highest BCUT2D eigenvalue weighted by Gasteiger charge is 2.07. The Morgan fingerprint density at radius 1 is 0.579 bits per heavy atom. The molecule has 0 aliphatic heterocycles. The van der Waals surface area contributed by atoms with E-state index in [1.165, 1.54) is 83.5 Å². The molecule has 2 rings (SSSR count). The third-order valence-electron chi connectivity index (χ3n) is 4.45. The number of rotatable bonds is 1. The summed E-state index contributed by atoms with van der Waals surface area (Å²) in [6.07, 6.45) is 27.5. The van der Waals surface area contributed by atoms with Crippen molar-refractivity contribution in [3.63, 3.8) is 0 Å². The molecule has 0 spiro atoms. The zero-order chi connectivity index (χ0) is 13.2. The van der Waals surface area contributed by atoms with Crippen LogP contribution in [0.1, 0.15) is 83.5 Å². The summed E-state index contributed by atoms with van der Waals surface area (Å²) >= 11 is 0. The maximum absolute atomic E-state index is 2.56. The minimum Gasteiger partial charge on any atom is -0.0845 e. The lowest BCUT2D eigenvalue weighted by Crippen LogP contribution is -1.94. The Labute approximate surface area is 119 Å². The molecule has 0 aromatic heterocycles. The highest BCUT2D eigenvalue weighted by atomic mass is 14.1. The van der Waals surface area contributed by atoms with Gasteiger partial charge in [0.2, 0.25) is 0 Å². The fourth-order valence-electron chi connectivity index (χ4n) is 3.22. The van der Waals surface area contributed by atoms with E-state index in [0.717, 1.165) is 0 Å². The highest BCUT2D eigenvalue weighted by molar-refractivity contribution is 5.34. The quantitative estimate of drug-likeness (QED) is 0.504. The zero-order valence-electron chi connectivity index (χ0n) is 12.5. The Balaban J connectivity index is 2.03. The minimum absolute atomic E-state index is 1.27. The smallest absolute Gasteiger partial charge is 0.0276 e. The van der Waals surface area contributed by atoms with Crippen LogP contribution in [0.3, 0.4) is 0 Å². The van der Waals surface area contributed by atoms with E-state index >= 15 is 0 Å². The van der Waals surface area contributed by atoms with Gasteiger partial charge in [-0.25, -0.2) is 0 Å². The Hall–Kier alpha value is -0.780. The predicted molar refractivity (Wildman–Crippen MR) is 85.3 cm³/mol. The summed E-state index contributed by atoms with van der Waals surface area (Å²) in [6, 6.07) is 0. The zero-order valence-corrected chi connectivity index (χ0v) is 12.5. The van der Waals surface area contributed by atoms with Crippen LogP contribution < -0.4 is 0 Å². The third-order valence-corrected chi connectivity index (χ3v) is 4.45. The van der Waals surface area contributed by atoms with Crippen LogP contribution in [0.5, 0.6) is 0 Å². The molecule has 0 fully saturated rings. The second-order valence-electron chi connectivity index (χ2n) is 6.11. The highest BCUT2D eigenvalue weighted by Crippen LogP contribution is 2.26. The number of hydrogen-bond acceptors (Lipinski definition) is 0. The van der Waals surface area contributed by atoms with Gasteiger partial charge in [0.1, 0.15) is 0 Å². The van der Waals surface area contributed by atoms with Crippen LogP contribution in [0.4, 0.5) is 0 Å².